The zero-order chi connectivity index (χ0) is 15.2. The number of hydrogen-bond donors (Lipinski definition) is 1. The van der Waals surface area contributed by atoms with Crippen LogP contribution in [0.5, 0.6) is 5.75 Å². The molecule has 0 saturated heterocycles. The maximum atomic E-state index is 11.2. The van der Waals surface area contributed by atoms with Crippen LogP contribution in [0.4, 0.5) is 0 Å². The molecule has 4 heteroatoms. The molecule has 1 N–H and O–H groups in total. The first-order valence-electron chi connectivity index (χ1n) is 7.65. The Balaban J connectivity index is 2.21. The first-order valence-corrected chi connectivity index (χ1v) is 7.65. The second kappa shape index (κ2) is 7.27. The maximum Gasteiger partial charge on any atom is 0.308 e. The third-order valence-electron chi connectivity index (χ3n) is 3.69. The van der Waals surface area contributed by atoms with E-state index in [9.17, 15) is 4.79 Å². The highest BCUT2D eigenvalue weighted by atomic mass is 16.5. The SMILES string of the molecule is CCCN(CC)CCc1c[nH]c2cccc(OC(C)=O)c12. The third-order valence-corrected chi connectivity index (χ3v) is 3.69. The highest BCUT2D eigenvalue weighted by Gasteiger charge is 2.12. The van der Waals surface area contributed by atoms with Crippen molar-refractivity contribution in [3.63, 3.8) is 0 Å². The third kappa shape index (κ3) is 3.85. The average Bonchev–Trinajstić information content (AvgIpc) is 2.87. The number of H-pyrrole nitrogens is 1. The summed E-state index contributed by atoms with van der Waals surface area (Å²) < 4.78 is 5.33. The summed E-state index contributed by atoms with van der Waals surface area (Å²) in [4.78, 5) is 17.0. The van der Waals surface area contributed by atoms with E-state index in [-0.39, 0.29) is 5.97 Å². The Labute approximate surface area is 126 Å². The lowest BCUT2D eigenvalue weighted by Crippen LogP contribution is -2.26. The monoisotopic (exact) mass is 288 g/mol. The number of likely N-dealkylation sites (N-methyl/N-ethyl adjacent to an activating group) is 1. The molecule has 114 valence electrons. The van der Waals surface area contributed by atoms with E-state index in [1.165, 1.54) is 18.9 Å². The summed E-state index contributed by atoms with van der Waals surface area (Å²) in [5, 5.41) is 1.03. The van der Waals surface area contributed by atoms with Crippen LogP contribution >= 0.6 is 0 Å². The lowest BCUT2D eigenvalue weighted by Gasteiger charge is -2.19. The second-order valence-corrected chi connectivity index (χ2v) is 5.27. The summed E-state index contributed by atoms with van der Waals surface area (Å²) in [6.07, 6.45) is 4.14. The van der Waals surface area contributed by atoms with Crippen molar-refractivity contribution in [1.82, 2.24) is 9.88 Å². The molecule has 2 aromatic rings. The number of nitrogens with zero attached hydrogens (tertiary/aromatic N) is 1. The lowest BCUT2D eigenvalue weighted by atomic mass is 10.1. The number of rotatable bonds is 7. The fourth-order valence-electron chi connectivity index (χ4n) is 2.68. The predicted octanol–water partition coefficient (Wildman–Crippen LogP) is 3.37. The van der Waals surface area contributed by atoms with Crippen molar-refractivity contribution in [1.29, 1.82) is 0 Å². The van der Waals surface area contributed by atoms with E-state index in [0.29, 0.717) is 5.75 Å². The van der Waals surface area contributed by atoms with Gasteiger partial charge in [0.05, 0.1) is 0 Å². The van der Waals surface area contributed by atoms with Gasteiger partial charge >= 0.3 is 5.97 Å². The number of nitrogens with one attached hydrogen (secondary N) is 1. The largest absolute Gasteiger partial charge is 0.426 e. The molecule has 1 aromatic carbocycles. The standard InChI is InChI=1S/C17H24N2O2/c1-4-10-19(5-2)11-9-14-12-18-15-7-6-8-16(17(14)15)21-13(3)20/h6-8,12,18H,4-5,9-11H2,1-3H3. The van der Waals surface area contributed by atoms with Gasteiger partial charge in [0.25, 0.3) is 0 Å². The van der Waals surface area contributed by atoms with Crippen molar-refractivity contribution >= 4 is 16.9 Å². The van der Waals surface area contributed by atoms with E-state index in [2.05, 4.69) is 23.7 Å². The summed E-state index contributed by atoms with van der Waals surface area (Å²) in [7, 11) is 0. The highest BCUT2D eigenvalue weighted by Crippen LogP contribution is 2.29. The van der Waals surface area contributed by atoms with Crippen LogP contribution in [-0.2, 0) is 11.2 Å². The van der Waals surface area contributed by atoms with Crippen LogP contribution in [0.2, 0.25) is 0 Å². The Morgan fingerprint density at radius 3 is 2.76 bits per heavy atom. The van der Waals surface area contributed by atoms with Gasteiger partial charge in [-0.05, 0) is 43.6 Å². The van der Waals surface area contributed by atoms with Gasteiger partial charge in [-0.2, -0.15) is 0 Å². The van der Waals surface area contributed by atoms with E-state index < -0.39 is 0 Å². The summed E-state index contributed by atoms with van der Waals surface area (Å²) in [6, 6.07) is 5.76. The van der Waals surface area contributed by atoms with Gasteiger partial charge < -0.3 is 14.6 Å². The number of aromatic nitrogens is 1. The van der Waals surface area contributed by atoms with Gasteiger partial charge in [0.1, 0.15) is 5.75 Å². The van der Waals surface area contributed by atoms with Gasteiger partial charge in [0, 0.05) is 30.6 Å². The molecule has 21 heavy (non-hydrogen) atoms. The highest BCUT2D eigenvalue weighted by molar-refractivity contribution is 5.91. The van der Waals surface area contributed by atoms with E-state index >= 15 is 0 Å². The molecule has 0 saturated carbocycles. The molecular formula is C17H24N2O2. The summed E-state index contributed by atoms with van der Waals surface area (Å²) in [6.45, 7) is 9.03. The van der Waals surface area contributed by atoms with Crippen LogP contribution in [-0.4, -0.2) is 35.5 Å². The summed E-state index contributed by atoms with van der Waals surface area (Å²) in [5.41, 5.74) is 2.22. The van der Waals surface area contributed by atoms with Gasteiger partial charge in [-0.25, -0.2) is 0 Å². The van der Waals surface area contributed by atoms with Crippen molar-refractivity contribution in [3.05, 3.63) is 30.0 Å². The number of aromatic amines is 1. The molecule has 2 rings (SSSR count). The number of ether oxygens (including phenoxy) is 1. The van der Waals surface area contributed by atoms with Crippen LogP contribution in [0.1, 0.15) is 32.8 Å². The lowest BCUT2D eigenvalue weighted by molar-refractivity contribution is -0.131. The molecular weight excluding hydrogens is 264 g/mol. The number of hydrogen-bond acceptors (Lipinski definition) is 3. The molecule has 4 nitrogen and oxygen atoms in total. The van der Waals surface area contributed by atoms with Gasteiger partial charge in [-0.3, -0.25) is 4.79 Å². The number of carbonyl (C=O) groups excluding carboxylic acids is 1. The summed E-state index contributed by atoms with van der Waals surface area (Å²) in [5.74, 6) is 0.366. The minimum absolute atomic E-state index is 0.282. The summed E-state index contributed by atoms with van der Waals surface area (Å²) >= 11 is 0. The van der Waals surface area contributed by atoms with E-state index in [4.69, 9.17) is 4.74 Å². The zero-order valence-electron chi connectivity index (χ0n) is 13.1. The smallest absolute Gasteiger partial charge is 0.308 e. The molecule has 0 amide bonds. The maximum absolute atomic E-state index is 11.2. The van der Waals surface area contributed by atoms with Gasteiger partial charge in [-0.1, -0.05) is 19.9 Å². The Hall–Kier alpha value is -1.81. The number of benzene rings is 1. The van der Waals surface area contributed by atoms with Crippen LogP contribution in [0, 0.1) is 0 Å². The quantitative estimate of drug-likeness (QED) is 0.627. The number of carbonyl (C=O) groups is 1. The van der Waals surface area contributed by atoms with E-state index in [1.807, 2.05) is 24.4 Å². The molecule has 0 aliphatic rings. The van der Waals surface area contributed by atoms with Crippen LogP contribution in [0.25, 0.3) is 10.9 Å². The Kier molecular flexibility index (Phi) is 5.39. The van der Waals surface area contributed by atoms with E-state index in [0.717, 1.165) is 37.0 Å². The first-order chi connectivity index (χ1) is 10.2. The van der Waals surface area contributed by atoms with Gasteiger partial charge in [-0.15, -0.1) is 0 Å². The average molecular weight is 288 g/mol. The molecule has 1 aromatic heterocycles. The predicted molar refractivity (Wildman–Crippen MR) is 85.7 cm³/mol. The second-order valence-electron chi connectivity index (χ2n) is 5.27. The molecule has 0 aliphatic carbocycles. The van der Waals surface area contributed by atoms with Crippen molar-refractivity contribution in [2.45, 2.75) is 33.6 Å². The Morgan fingerprint density at radius 2 is 2.10 bits per heavy atom. The Morgan fingerprint density at radius 1 is 1.29 bits per heavy atom. The molecule has 1 heterocycles. The topological polar surface area (TPSA) is 45.3 Å². The van der Waals surface area contributed by atoms with E-state index in [1.54, 1.807) is 0 Å². The molecule has 0 spiro atoms. The van der Waals surface area contributed by atoms with Crippen molar-refractivity contribution in [2.75, 3.05) is 19.6 Å². The molecule has 0 atom stereocenters. The Bertz CT molecular complexity index is 604. The van der Waals surface area contributed by atoms with Crippen LogP contribution < -0.4 is 4.74 Å². The number of esters is 1. The zero-order valence-corrected chi connectivity index (χ0v) is 13.1. The van der Waals surface area contributed by atoms with Gasteiger partial charge in [0.15, 0.2) is 0 Å². The van der Waals surface area contributed by atoms with Crippen LogP contribution in [0.3, 0.4) is 0 Å². The number of fused-ring (bicyclic) bond motifs is 1. The molecule has 0 bridgehead atoms. The first kappa shape index (κ1) is 15.6. The fourth-order valence-corrected chi connectivity index (χ4v) is 2.68. The fraction of sp³-hybridized carbons (Fsp3) is 0.471. The van der Waals surface area contributed by atoms with Crippen LogP contribution in [0.15, 0.2) is 24.4 Å². The molecule has 0 aliphatic heterocycles. The normalized spacial score (nSPS) is 11.2. The minimum Gasteiger partial charge on any atom is -0.426 e. The van der Waals surface area contributed by atoms with Crippen molar-refractivity contribution in [3.8, 4) is 5.75 Å². The minimum atomic E-state index is -0.282. The molecule has 0 radical (unpaired) electrons. The molecule has 0 fully saturated rings. The van der Waals surface area contributed by atoms with Crippen molar-refractivity contribution < 1.29 is 9.53 Å². The van der Waals surface area contributed by atoms with Gasteiger partial charge in [0.2, 0.25) is 0 Å². The molecule has 0 unspecified atom stereocenters. The van der Waals surface area contributed by atoms with Crippen molar-refractivity contribution in [2.24, 2.45) is 0 Å².